The van der Waals surface area contributed by atoms with Crippen molar-refractivity contribution in [3.63, 3.8) is 0 Å². The number of aromatic nitrogens is 1. The molecule has 1 amide bonds. The summed E-state index contributed by atoms with van der Waals surface area (Å²) >= 11 is 0. The van der Waals surface area contributed by atoms with E-state index in [-0.39, 0.29) is 17.8 Å². The molecule has 2 unspecified atom stereocenters. The normalized spacial score (nSPS) is 22.0. The van der Waals surface area contributed by atoms with Crippen molar-refractivity contribution in [2.24, 2.45) is 0 Å². The number of anilines is 1. The summed E-state index contributed by atoms with van der Waals surface area (Å²) in [7, 11) is 0. The molecule has 176 valence electrons. The Bertz CT molecular complexity index is 1120. The number of pyridine rings is 1. The van der Waals surface area contributed by atoms with Crippen LogP contribution in [0.4, 0.5) is 10.2 Å². The Labute approximate surface area is 200 Å². The van der Waals surface area contributed by atoms with E-state index < -0.39 is 0 Å². The van der Waals surface area contributed by atoms with Crippen LogP contribution in [0.5, 0.6) is 0 Å². The number of hydrogen-bond acceptors (Lipinski definition) is 4. The zero-order valence-corrected chi connectivity index (χ0v) is 19.3. The molecular weight excluding hydrogens is 427 g/mol. The van der Waals surface area contributed by atoms with E-state index in [1.165, 1.54) is 30.5 Å². The van der Waals surface area contributed by atoms with Crippen LogP contribution in [0, 0.1) is 5.82 Å². The van der Waals surface area contributed by atoms with Crippen molar-refractivity contribution in [3.8, 4) is 11.3 Å². The van der Waals surface area contributed by atoms with Crippen LogP contribution in [0.1, 0.15) is 36.8 Å². The Hall–Kier alpha value is -3.25. The van der Waals surface area contributed by atoms with E-state index in [1.54, 1.807) is 18.2 Å². The highest BCUT2D eigenvalue weighted by atomic mass is 19.1. The molecule has 2 fully saturated rings. The van der Waals surface area contributed by atoms with Crippen molar-refractivity contribution in [3.05, 3.63) is 83.7 Å². The quantitative estimate of drug-likeness (QED) is 0.552. The van der Waals surface area contributed by atoms with Crippen molar-refractivity contribution in [2.75, 3.05) is 12.3 Å². The van der Waals surface area contributed by atoms with Crippen LogP contribution in [-0.2, 0) is 17.6 Å². The predicted molar refractivity (Wildman–Crippen MR) is 133 cm³/mol. The van der Waals surface area contributed by atoms with Crippen molar-refractivity contribution in [1.29, 1.82) is 0 Å². The van der Waals surface area contributed by atoms with Crippen molar-refractivity contribution < 1.29 is 9.18 Å². The lowest BCUT2D eigenvalue weighted by Gasteiger charge is -2.39. The van der Waals surface area contributed by atoms with E-state index in [1.807, 2.05) is 12.1 Å². The van der Waals surface area contributed by atoms with Crippen LogP contribution >= 0.6 is 0 Å². The maximum Gasteiger partial charge on any atom is 0.224 e. The number of nitrogens with one attached hydrogen (secondary N) is 1. The fourth-order valence-electron chi connectivity index (χ4n) is 5.54. The Morgan fingerprint density at radius 2 is 1.65 bits per heavy atom. The lowest BCUT2D eigenvalue weighted by Crippen LogP contribution is -2.51. The number of nitrogens with zero attached hydrogens (tertiary/aromatic N) is 2. The van der Waals surface area contributed by atoms with Crippen LogP contribution in [-0.4, -0.2) is 40.5 Å². The second kappa shape index (κ2) is 9.94. The number of nitrogens with two attached hydrogens (primary N) is 1. The topological polar surface area (TPSA) is 71.2 Å². The highest BCUT2D eigenvalue weighted by Gasteiger charge is 2.40. The number of amides is 1. The third kappa shape index (κ3) is 5.28. The Kier molecular flexibility index (Phi) is 6.59. The van der Waals surface area contributed by atoms with E-state index >= 15 is 0 Å². The summed E-state index contributed by atoms with van der Waals surface area (Å²) in [6, 6.07) is 21.8. The van der Waals surface area contributed by atoms with Gasteiger partial charge in [0.15, 0.2) is 0 Å². The van der Waals surface area contributed by atoms with Gasteiger partial charge in [-0.1, -0.05) is 42.5 Å². The lowest BCUT2D eigenvalue weighted by atomic mass is 9.96. The number of fused-ring (bicyclic) bond motifs is 2. The summed E-state index contributed by atoms with van der Waals surface area (Å²) in [6.07, 6.45) is 5.73. The Morgan fingerprint density at radius 3 is 2.32 bits per heavy atom. The first kappa shape index (κ1) is 22.5. The third-order valence-corrected chi connectivity index (χ3v) is 7.21. The number of carbonyl (C=O) groups excluding carboxylic acids is 1. The van der Waals surface area contributed by atoms with Crippen LogP contribution in [0.25, 0.3) is 11.3 Å². The molecule has 2 atom stereocenters. The SMILES string of the molecule is Nc1cccc(-c2ccc(CCN3C4CCC3CC(NC(=O)Cc3ccc(F)cc3)C4)cc2)n1. The van der Waals surface area contributed by atoms with Gasteiger partial charge in [-0.25, -0.2) is 9.37 Å². The number of rotatable bonds is 7. The summed E-state index contributed by atoms with van der Waals surface area (Å²) in [6.45, 7) is 1.04. The summed E-state index contributed by atoms with van der Waals surface area (Å²) < 4.78 is 13.1. The minimum absolute atomic E-state index is 0.0270. The van der Waals surface area contributed by atoms with Crippen LogP contribution in [0.2, 0.25) is 0 Å². The first-order chi connectivity index (χ1) is 16.5. The number of benzene rings is 2. The fraction of sp³-hybridized carbons (Fsp3) is 0.357. The summed E-state index contributed by atoms with van der Waals surface area (Å²) in [5.41, 5.74) is 9.95. The number of halogens is 1. The maximum absolute atomic E-state index is 13.1. The summed E-state index contributed by atoms with van der Waals surface area (Å²) in [5, 5.41) is 3.23. The molecule has 2 bridgehead atoms. The highest BCUT2D eigenvalue weighted by molar-refractivity contribution is 5.78. The summed E-state index contributed by atoms with van der Waals surface area (Å²) in [4.78, 5) is 19.6. The Balaban J connectivity index is 1.12. The monoisotopic (exact) mass is 458 g/mol. The molecule has 6 heteroatoms. The van der Waals surface area contributed by atoms with Crippen LogP contribution < -0.4 is 11.1 Å². The molecule has 1 aromatic heterocycles. The minimum Gasteiger partial charge on any atom is -0.384 e. The van der Waals surface area contributed by atoms with Gasteiger partial charge in [-0.3, -0.25) is 9.69 Å². The van der Waals surface area contributed by atoms with Gasteiger partial charge in [0, 0.05) is 30.2 Å². The molecule has 3 aromatic rings. The average Bonchev–Trinajstić information content (AvgIpc) is 3.07. The molecule has 0 saturated carbocycles. The number of piperidine rings is 1. The molecule has 5 rings (SSSR count). The molecule has 2 saturated heterocycles. The zero-order valence-electron chi connectivity index (χ0n) is 19.3. The van der Waals surface area contributed by atoms with Crippen molar-refractivity contribution in [1.82, 2.24) is 15.2 Å². The van der Waals surface area contributed by atoms with Gasteiger partial charge in [0.2, 0.25) is 5.91 Å². The lowest BCUT2D eigenvalue weighted by molar-refractivity contribution is -0.121. The first-order valence-electron chi connectivity index (χ1n) is 12.1. The number of nitrogen functional groups attached to an aromatic ring is 1. The Morgan fingerprint density at radius 1 is 0.971 bits per heavy atom. The molecular formula is C28H31FN4O. The van der Waals surface area contributed by atoms with Gasteiger partial charge in [0.25, 0.3) is 0 Å². The molecule has 0 aliphatic carbocycles. The van der Waals surface area contributed by atoms with Crippen LogP contribution in [0.15, 0.2) is 66.7 Å². The predicted octanol–water partition coefficient (Wildman–Crippen LogP) is 4.37. The number of hydrogen-bond donors (Lipinski definition) is 2. The molecule has 0 spiro atoms. The smallest absolute Gasteiger partial charge is 0.224 e. The van der Waals surface area contributed by atoms with Gasteiger partial charge in [0.1, 0.15) is 11.6 Å². The molecule has 3 heterocycles. The van der Waals surface area contributed by atoms with Crippen LogP contribution in [0.3, 0.4) is 0 Å². The standard InChI is InChI=1S/C28H31FN4O/c29-22-10-6-20(7-11-22)16-28(34)31-23-17-24-12-13-25(18-23)33(24)15-14-19-4-8-21(9-5-19)26-2-1-3-27(30)32-26/h1-11,23-25H,12-18H2,(H2,30,32)(H,31,34). The molecule has 2 aromatic carbocycles. The highest BCUT2D eigenvalue weighted by Crippen LogP contribution is 2.36. The largest absolute Gasteiger partial charge is 0.384 e. The molecule has 3 N–H and O–H groups in total. The average molecular weight is 459 g/mol. The minimum atomic E-state index is -0.276. The third-order valence-electron chi connectivity index (χ3n) is 7.21. The molecule has 2 aliphatic heterocycles. The van der Waals surface area contributed by atoms with E-state index in [0.717, 1.165) is 42.6 Å². The van der Waals surface area contributed by atoms with Gasteiger partial charge >= 0.3 is 0 Å². The molecule has 34 heavy (non-hydrogen) atoms. The van der Waals surface area contributed by atoms with Gasteiger partial charge in [0.05, 0.1) is 12.1 Å². The van der Waals surface area contributed by atoms with Gasteiger partial charge in [-0.05, 0) is 67.5 Å². The second-order valence-corrected chi connectivity index (χ2v) is 9.56. The van der Waals surface area contributed by atoms with Crippen molar-refractivity contribution in [2.45, 2.75) is 56.7 Å². The van der Waals surface area contributed by atoms with Gasteiger partial charge in [-0.15, -0.1) is 0 Å². The van der Waals surface area contributed by atoms with Gasteiger partial charge in [-0.2, -0.15) is 0 Å². The number of carbonyl (C=O) groups is 1. The zero-order chi connectivity index (χ0) is 23.5. The first-order valence-corrected chi connectivity index (χ1v) is 12.1. The second-order valence-electron chi connectivity index (χ2n) is 9.56. The fourth-order valence-corrected chi connectivity index (χ4v) is 5.54. The molecule has 2 aliphatic rings. The summed E-state index contributed by atoms with van der Waals surface area (Å²) in [5.74, 6) is 0.286. The molecule has 0 radical (unpaired) electrons. The van der Waals surface area contributed by atoms with E-state index in [9.17, 15) is 9.18 Å². The van der Waals surface area contributed by atoms with E-state index in [2.05, 4.69) is 39.5 Å². The van der Waals surface area contributed by atoms with Crippen molar-refractivity contribution >= 4 is 11.7 Å². The van der Waals surface area contributed by atoms with E-state index in [4.69, 9.17) is 5.73 Å². The van der Waals surface area contributed by atoms with E-state index in [0.29, 0.717) is 24.3 Å². The maximum atomic E-state index is 13.1. The molecule has 5 nitrogen and oxygen atoms in total. The van der Waals surface area contributed by atoms with Gasteiger partial charge < -0.3 is 11.1 Å².